The van der Waals surface area contributed by atoms with Crippen molar-refractivity contribution in [1.29, 1.82) is 0 Å². The number of rotatable bonds is 6. The second kappa shape index (κ2) is 6.49. The average molecular weight is 328 g/mol. The molecule has 1 amide bonds. The first kappa shape index (κ1) is 16.1. The Morgan fingerprint density at radius 1 is 1.17 bits per heavy atom. The zero-order chi connectivity index (χ0) is 16.6. The molecule has 24 heavy (non-hydrogen) atoms. The summed E-state index contributed by atoms with van der Waals surface area (Å²) >= 11 is 0. The normalized spacial score (nSPS) is 26.5. The van der Waals surface area contributed by atoms with Crippen LogP contribution in [0.3, 0.4) is 0 Å². The lowest BCUT2D eigenvalue weighted by Crippen LogP contribution is -2.51. The predicted octanol–water partition coefficient (Wildman–Crippen LogP) is 2.34. The van der Waals surface area contributed by atoms with Crippen molar-refractivity contribution in [2.75, 3.05) is 13.2 Å². The van der Waals surface area contributed by atoms with Crippen LogP contribution in [-0.2, 0) is 16.8 Å². The fourth-order valence-corrected chi connectivity index (χ4v) is 4.67. The van der Waals surface area contributed by atoms with Crippen LogP contribution in [0.2, 0.25) is 0 Å². The van der Waals surface area contributed by atoms with E-state index in [-0.39, 0.29) is 12.5 Å². The Morgan fingerprint density at radius 3 is 2.58 bits per heavy atom. The Balaban J connectivity index is 1.46. The molecule has 0 aromatic heterocycles. The summed E-state index contributed by atoms with van der Waals surface area (Å²) in [5.74, 6) is 0.224. The lowest BCUT2D eigenvalue weighted by molar-refractivity contribution is -0.133. The van der Waals surface area contributed by atoms with E-state index >= 15 is 0 Å². The molecule has 1 unspecified atom stereocenters. The number of aliphatic hydroxyl groups is 1. The number of aliphatic hydroxyl groups excluding tert-OH is 1. The third-order valence-corrected chi connectivity index (χ3v) is 6.15. The summed E-state index contributed by atoms with van der Waals surface area (Å²) in [5.41, 5.74) is 2.01. The van der Waals surface area contributed by atoms with Crippen molar-refractivity contribution >= 4 is 5.91 Å². The number of nitrogens with zero attached hydrogens (tertiary/aromatic N) is 1. The summed E-state index contributed by atoms with van der Waals surface area (Å²) in [4.78, 5) is 15.1. The number of hydrogen-bond donors (Lipinski definition) is 2. The van der Waals surface area contributed by atoms with E-state index in [1.165, 1.54) is 24.0 Å². The van der Waals surface area contributed by atoms with Crippen molar-refractivity contribution in [2.24, 2.45) is 0 Å². The molecule has 3 aliphatic rings. The van der Waals surface area contributed by atoms with Crippen LogP contribution >= 0.6 is 0 Å². The zero-order valence-electron chi connectivity index (χ0n) is 14.3. The van der Waals surface area contributed by atoms with Gasteiger partial charge in [0, 0.05) is 12.1 Å². The molecule has 4 rings (SSSR count). The highest BCUT2D eigenvalue weighted by Gasteiger charge is 2.41. The first-order valence-electron chi connectivity index (χ1n) is 9.49. The number of benzene rings is 1. The predicted molar refractivity (Wildman–Crippen MR) is 93.7 cm³/mol. The van der Waals surface area contributed by atoms with Gasteiger partial charge in [0.05, 0.1) is 18.7 Å². The van der Waals surface area contributed by atoms with Crippen LogP contribution in [0.25, 0.3) is 0 Å². The highest BCUT2D eigenvalue weighted by atomic mass is 16.3. The van der Waals surface area contributed by atoms with Crippen LogP contribution < -0.4 is 5.32 Å². The van der Waals surface area contributed by atoms with Gasteiger partial charge in [0.1, 0.15) is 0 Å². The van der Waals surface area contributed by atoms with E-state index in [1.807, 2.05) is 12.1 Å². The van der Waals surface area contributed by atoms with Gasteiger partial charge in [-0.05, 0) is 49.7 Å². The molecule has 2 saturated carbocycles. The largest absolute Gasteiger partial charge is 0.394 e. The van der Waals surface area contributed by atoms with Gasteiger partial charge in [-0.25, -0.2) is 0 Å². The quantitative estimate of drug-likeness (QED) is 0.843. The van der Waals surface area contributed by atoms with Gasteiger partial charge >= 0.3 is 0 Å². The van der Waals surface area contributed by atoms with Crippen molar-refractivity contribution < 1.29 is 9.90 Å². The lowest BCUT2D eigenvalue weighted by atomic mass is 9.92. The average Bonchev–Trinajstić information content (AvgIpc) is 3.16. The minimum atomic E-state index is -0.447. The third kappa shape index (κ3) is 2.86. The number of nitrogens with one attached hydrogen (secondary N) is 1. The van der Waals surface area contributed by atoms with E-state index in [2.05, 4.69) is 22.3 Å². The summed E-state index contributed by atoms with van der Waals surface area (Å²) in [5, 5.41) is 13.5. The molecular weight excluding hydrogens is 300 g/mol. The number of carbonyl (C=O) groups excluding carboxylic acids is 1. The Hall–Kier alpha value is -1.39. The molecule has 4 nitrogen and oxygen atoms in total. The molecule has 0 radical (unpaired) electrons. The van der Waals surface area contributed by atoms with Gasteiger partial charge in [0.2, 0.25) is 5.91 Å². The Labute approximate surface area is 144 Å². The molecule has 0 aliphatic heterocycles. The maximum Gasteiger partial charge on any atom is 0.237 e. The summed E-state index contributed by atoms with van der Waals surface area (Å²) in [6, 6.07) is 9.22. The van der Waals surface area contributed by atoms with Crippen LogP contribution in [0.15, 0.2) is 24.3 Å². The molecule has 0 heterocycles. The van der Waals surface area contributed by atoms with Gasteiger partial charge in [-0.1, -0.05) is 37.1 Å². The van der Waals surface area contributed by atoms with Crippen molar-refractivity contribution in [3.8, 4) is 0 Å². The first-order valence-corrected chi connectivity index (χ1v) is 9.49. The molecule has 4 heteroatoms. The maximum absolute atomic E-state index is 12.9. The van der Waals surface area contributed by atoms with Gasteiger partial charge < -0.3 is 10.0 Å². The van der Waals surface area contributed by atoms with E-state index in [1.54, 1.807) is 0 Å². The standard InChI is InChI=1S/C20H28N2O2/c23-14-20(12-11-15-5-1-4-8-18(15)20)21-13-19(24)22(17-9-10-17)16-6-2-3-7-16/h1,4-5,8,16-17,21,23H,2-3,6-7,9-14H2. The number of aryl methyl sites for hydroxylation is 1. The molecule has 3 aliphatic carbocycles. The van der Waals surface area contributed by atoms with Gasteiger partial charge in [-0.2, -0.15) is 0 Å². The summed E-state index contributed by atoms with van der Waals surface area (Å²) in [7, 11) is 0. The Bertz CT molecular complexity index is 607. The van der Waals surface area contributed by atoms with Crippen LogP contribution in [-0.4, -0.2) is 41.1 Å². The topological polar surface area (TPSA) is 52.6 Å². The molecule has 130 valence electrons. The van der Waals surface area contributed by atoms with Crippen molar-refractivity contribution in [1.82, 2.24) is 10.2 Å². The molecule has 2 N–H and O–H groups in total. The summed E-state index contributed by atoms with van der Waals surface area (Å²) < 4.78 is 0. The minimum absolute atomic E-state index is 0.0458. The number of carbonyl (C=O) groups is 1. The highest BCUT2D eigenvalue weighted by Crippen LogP contribution is 2.37. The van der Waals surface area contributed by atoms with Crippen LogP contribution in [0.5, 0.6) is 0 Å². The fraction of sp³-hybridized carbons (Fsp3) is 0.650. The second-order valence-electron chi connectivity index (χ2n) is 7.72. The smallest absolute Gasteiger partial charge is 0.237 e. The van der Waals surface area contributed by atoms with Crippen LogP contribution in [0.1, 0.15) is 56.1 Å². The molecular formula is C20H28N2O2. The molecule has 0 saturated heterocycles. The third-order valence-electron chi connectivity index (χ3n) is 6.15. The van der Waals surface area contributed by atoms with E-state index < -0.39 is 5.54 Å². The summed E-state index contributed by atoms with van der Waals surface area (Å²) in [6.45, 7) is 0.381. The maximum atomic E-state index is 12.9. The minimum Gasteiger partial charge on any atom is -0.394 e. The van der Waals surface area contributed by atoms with Crippen molar-refractivity contribution in [2.45, 2.75) is 69.0 Å². The molecule has 0 bridgehead atoms. The van der Waals surface area contributed by atoms with Crippen LogP contribution in [0.4, 0.5) is 0 Å². The number of amides is 1. The van der Waals surface area contributed by atoms with Crippen LogP contribution in [0, 0.1) is 0 Å². The monoisotopic (exact) mass is 328 g/mol. The van der Waals surface area contributed by atoms with E-state index in [0.29, 0.717) is 18.6 Å². The molecule has 1 atom stereocenters. The lowest BCUT2D eigenvalue weighted by Gasteiger charge is -2.33. The zero-order valence-corrected chi connectivity index (χ0v) is 14.3. The van der Waals surface area contributed by atoms with E-state index in [9.17, 15) is 9.90 Å². The van der Waals surface area contributed by atoms with Crippen molar-refractivity contribution in [3.63, 3.8) is 0 Å². The molecule has 0 spiro atoms. The van der Waals surface area contributed by atoms with Gasteiger partial charge in [-0.3, -0.25) is 10.1 Å². The first-order chi connectivity index (χ1) is 11.7. The van der Waals surface area contributed by atoms with E-state index in [4.69, 9.17) is 0 Å². The SMILES string of the molecule is O=C(CNC1(CO)CCc2ccccc21)N(C1CCCC1)C1CC1. The van der Waals surface area contributed by atoms with Gasteiger partial charge in [-0.15, -0.1) is 0 Å². The molecule has 2 fully saturated rings. The summed E-state index contributed by atoms with van der Waals surface area (Å²) in [6.07, 6.45) is 8.99. The highest BCUT2D eigenvalue weighted by molar-refractivity contribution is 5.79. The second-order valence-corrected chi connectivity index (χ2v) is 7.72. The van der Waals surface area contributed by atoms with Gasteiger partial charge in [0.15, 0.2) is 0 Å². The Morgan fingerprint density at radius 2 is 1.88 bits per heavy atom. The van der Waals surface area contributed by atoms with Gasteiger partial charge in [0.25, 0.3) is 0 Å². The Kier molecular flexibility index (Phi) is 4.35. The van der Waals surface area contributed by atoms with Crippen molar-refractivity contribution in [3.05, 3.63) is 35.4 Å². The fourth-order valence-electron chi connectivity index (χ4n) is 4.67. The molecule has 1 aromatic carbocycles. The van der Waals surface area contributed by atoms with E-state index in [0.717, 1.165) is 38.5 Å². The number of hydrogen-bond acceptors (Lipinski definition) is 3. The molecule has 1 aromatic rings. The number of fused-ring (bicyclic) bond motifs is 1.